The molecule has 1 aliphatic heterocycles. The van der Waals surface area contributed by atoms with Crippen LogP contribution in [0, 0.1) is 18.3 Å². The van der Waals surface area contributed by atoms with Crippen LogP contribution in [0.15, 0.2) is 42.6 Å². The van der Waals surface area contributed by atoms with Gasteiger partial charge < -0.3 is 15.0 Å². The van der Waals surface area contributed by atoms with Crippen LogP contribution in [0.2, 0.25) is 0 Å². The Balaban J connectivity index is 1.53. The number of urea groups is 1. The summed E-state index contributed by atoms with van der Waals surface area (Å²) in [6.07, 6.45) is 1.44. The average molecular weight is 308 g/mol. The zero-order valence-corrected chi connectivity index (χ0v) is 12.7. The second-order valence-corrected chi connectivity index (χ2v) is 5.41. The number of carbonyl (C=O) groups excluding carboxylic acids is 1. The van der Waals surface area contributed by atoms with Crippen LogP contribution in [0.5, 0.6) is 5.88 Å². The lowest BCUT2D eigenvalue weighted by Crippen LogP contribution is -2.57. The molecule has 1 aliphatic rings. The zero-order chi connectivity index (χ0) is 16.2. The molecule has 6 heteroatoms. The van der Waals surface area contributed by atoms with Crippen molar-refractivity contribution >= 4 is 11.7 Å². The van der Waals surface area contributed by atoms with Gasteiger partial charge in [0.2, 0.25) is 5.88 Å². The summed E-state index contributed by atoms with van der Waals surface area (Å²) in [6, 6.07) is 12.9. The minimum atomic E-state index is -0.156. The van der Waals surface area contributed by atoms with E-state index in [0.29, 0.717) is 24.5 Å². The molecule has 1 N–H and O–H groups in total. The number of aromatic nitrogens is 1. The van der Waals surface area contributed by atoms with E-state index in [4.69, 9.17) is 10.00 Å². The Hall–Kier alpha value is -3.07. The van der Waals surface area contributed by atoms with Gasteiger partial charge in [-0.1, -0.05) is 12.1 Å². The topological polar surface area (TPSA) is 78.2 Å². The number of benzene rings is 1. The molecule has 0 saturated carbocycles. The minimum Gasteiger partial charge on any atom is -0.470 e. The quantitative estimate of drug-likeness (QED) is 0.945. The molecule has 23 heavy (non-hydrogen) atoms. The molecule has 116 valence electrons. The van der Waals surface area contributed by atoms with Crippen molar-refractivity contribution in [3.05, 3.63) is 53.7 Å². The monoisotopic (exact) mass is 308 g/mol. The normalized spacial score (nSPS) is 13.8. The van der Waals surface area contributed by atoms with Gasteiger partial charge in [0.15, 0.2) is 0 Å². The van der Waals surface area contributed by atoms with E-state index in [0.717, 1.165) is 11.3 Å². The number of anilines is 1. The number of nitrogens with zero attached hydrogens (tertiary/aromatic N) is 3. The largest absolute Gasteiger partial charge is 0.470 e. The molecule has 0 aliphatic carbocycles. The Bertz CT molecular complexity index is 763. The predicted octanol–water partition coefficient (Wildman–Crippen LogP) is 2.56. The van der Waals surface area contributed by atoms with Crippen LogP contribution in [0.4, 0.5) is 10.5 Å². The molecule has 0 unspecified atom stereocenters. The molecular formula is C17H16N4O2. The van der Waals surface area contributed by atoms with Crippen molar-refractivity contribution in [1.29, 1.82) is 5.26 Å². The molecule has 1 aromatic heterocycles. The molecule has 1 aromatic carbocycles. The molecule has 2 amide bonds. The molecule has 0 spiro atoms. The summed E-state index contributed by atoms with van der Waals surface area (Å²) in [5.41, 5.74) is 2.26. The maximum Gasteiger partial charge on any atom is 0.322 e. The minimum absolute atomic E-state index is 0.139. The van der Waals surface area contributed by atoms with Crippen molar-refractivity contribution in [1.82, 2.24) is 9.88 Å². The van der Waals surface area contributed by atoms with Gasteiger partial charge in [0.1, 0.15) is 17.7 Å². The van der Waals surface area contributed by atoms with Gasteiger partial charge in [0.25, 0.3) is 0 Å². The first kappa shape index (κ1) is 14.9. The van der Waals surface area contributed by atoms with Gasteiger partial charge in [0.05, 0.1) is 13.1 Å². The number of hydrogen-bond acceptors (Lipinski definition) is 4. The lowest BCUT2D eigenvalue weighted by molar-refractivity contribution is 0.0459. The van der Waals surface area contributed by atoms with Crippen molar-refractivity contribution < 1.29 is 9.53 Å². The summed E-state index contributed by atoms with van der Waals surface area (Å²) in [5, 5.41) is 11.9. The Morgan fingerprint density at radius 1 is 1.39 bits per heavy atom. The van der Waals surface area contributed by atoms with Crippen molar-refractivity contribution in [3.63, 3.8) is 0 Å². The molecule has 0 atom stereocenters. The molecule has 1 fully saturated rings. The van der Waals surface area contributed by atoms with Gasteiger partial charge in [-0.15, -0.1) is 0 Å². The van der Waals surface area contributed by atoms with Crippen molar-refractivity contribution in [2.75, 3.05) is 18.4 Å². The maximum atomic E-state index is 12.1. The number of pyridine rings is 1. The standard InChI is InChI=1S/C17H16N4O2/c1-12-4-2-6-14(8-12)20-17(22)21-10-15(11-21)23-16-13(9-18)5-3-7-19-16/h2-8,15H,10-11H2,1H3,(H,20,22). The van der Waals surface area contributed by atoms with Crippen LogP contribution >= 0.6 is 0 Å². The smallest absolute Gasteiger partial charge is 0.322 e. The van der Waals surface area contributed by atoms with Crippen LogP contribution < -0.4 is 10.1 Å². The summed E-state index contributed by atoms with van der Waals surface area (Å²) in [4.78, 5) is 17.8. The fraction of sp³-hybridized carbons (Fsp3) is 0.235. The number of likely N-dealkylation sites (tertiary alicyclic amines) is 1. The van der Waals surface area contributed by atoms with E-state index in [1.54, 1.807) is 23.2 Å². The SMILES string of the molecule is Cc1cccc(NC(=O)N2CC(Oc3ncccc3C#N)C2)c1. The number of rotatable bonds is 3. The Labute approximate surface area is 134 Å². The third-order valence-electron chi connectivity index (χ3n) is 3.57. The third-order valence-corrected chi connectivity index (χ3v) is 3.57. The van der Waals surface area contributed by atoms with Gasteiger partial charge in [-0.3, -0.25) is 0 Å². The van der Waals surface area contributed by atoms with Crippen LogP contribution in [-0.2, 0) is 0 Å². The second kappa shape index (κ2) is 6.36. The van der Waals surface area contributed by atoms with E-state index in [2.05, 4.69) is 10.3 Å². The molecule has 0 radical (unpaired) electrons. The van der Waals surface area contributed by atoms with E-state index in [1.807, 2.05) is 37.3 Å². The summed E-state index contributed by atoms with van der Waals surface area (Å²) in [7, 11) is 0. The highest BCUT2D eigenvalue weighted by atomic mass is 16.5. The summed E-state index contributed by atoms with van der Waals surface area (Å²) < 4.78 is 5.67. The predicted molar refractivity (Wildman–Crippen MR) is 85.1 cm³/mol. The molecule has 6 nitrogen and oxygen atoms in total. The van der Waals surface area contributed by atoms with Crippen LogP contribution in [0.25, 0.3) is 0 Å². The Kier molecular flexibility index (Phi) is 4.11. The summed E-state index contributed by atoms with van der Waals surface area (Å²) in [6.45, 7) is 2.92. The van der Waals surface area contributed by atoms with Gasteiger partial charge in [0, 0.05) is 11.9 Å². The van der Waals surface area contributed by atoms with Crippen LogP contribution in [-0.4, -0.2) is 35.1 Å². The number of nitrogens with one attached hydrogen (secondary N) is 1. The number of amides is 2. The Morgan fingerprint density at radius 2 is 2.22 bits per heavy atom. The second-order valence-electron chi connectivity index (χ2n) is 5.41. The fourth-order valence-electron chi connectivity index (χ4n) is 2.33. The van der Waals surface area contributed by atoms with Crippen LogP contribution in [0.1, 0.15) is 11.1 Å². The van der Waals surface area contributed by atoms with Gasteiger partial charge in [-0.25, -0.2) is 9.78 Å². The van der Waals surface area contributed by atoms with E-state index in [-0.39, 0.29) is 12.1 Å². The van der Waals surface area contributed by atoms with Crippen molar-refractivity contribution in [2.45, 2.75) is 13.0 Å². The molecule has 2 heterocycles. The van der Waals surface area contributed by atoms with Crippen molar-refractivity contribution in [3.8, 4) is 11.9 Å². The Morgan fingerprint density at radius 3 is 2.96 bits per heavy atom. The summed E-state index contributed by atoms with van der Waals surface area (Å²) in [5.74, 6) is 0.318. The molecule has 1 saturated heterocycles. The van der Waals surface area contributed by atoms with Gasteiger partial charge >= 0.3 is 6.03 Å². The van der Waals surface area contributed by atoms with E-state index in [1.165, 1.54) is 0 Å². The van der Waals surface area contributed by atoms with E-state index in [9.17, 15) is 4.79 Å². The number of carbonyl (C=O) groups is 1. The lowest BCUT2D eigenvalue weighted by Gasteiger charge is -2.38. The molecular weight excluding hydrogens is 292 g/mol. The maximum absolute atomic E-state index is 12.1. The first-order chi connectivity index (χ1) is 11.2. The highest BCUT2D eigenvalue weighted by Gasteiger charge is 2.33. The highest BCUT2D eigenvalue weighted by Crippen LogP contribution is 2.20. The van der Waals surface area contributed by atoms with Gasteiger partial charge in [-0.2, -0.15) is 5.26 Å². The average Bonchev–Trinajstić information content (AvgIpc) is 2.50. The highest BCUT2D eigenvalue weighted by molar-refractivity contribution is 5.90. The summed E-state index contributed by atoms with van der Waals surface area (Å²) >= 11 is 0. The first-order valence-electron chi connectivity index (χ1n) is 7.30. The van der Waals surface area contributed by atoms with Crippen molar-refractivity contribution in [2.24, 2.45) is 0 Å². The number of nitriles is 1. The molecule has 3 rings (SSSR count). The number of aryl methyl sites for hydroxylation is 1. The fourth-order valence-corrected chi connectivity index (χ4v) is 2.33. The van der Waals surface area contributed by atoms with E-state index < -0.39 is 0 Å². The third kappa shape index (κ3) is 3.40. The lowest BCUT2D eigenvalue weighted by atomic mass is 10.2. The number of ether oxygens (including phenoxy) is 1. The first-order valence-corrected chi connectivity index (χ1v) is 7.30. The molecule has 0 bridgehead atoms. The molecule has 2 aromatic rings. The van der Waals surface area contributed by atoms with Crippen LogP contribution in [0.3, 0.4) is 0 Å². The number of hydrogen-bond donors (Lipinski definition) is 1. The van der Waals surface area contributed by atoms with Gasteiger partial charge in [-0.05, 0) is 36.8 Å². The zero-order valence-electron chi connectivity index (χ0n) is 12.7. The van der Waals surface area contributed by atoms with E-state index >= 15 is 0 Å².